The summed E-state index contributed by atoms with van der Waals surface area (Å²) in [6.45, 7) is 5.39. The van der Waals surface area contributed by atoms with Crippen LogP contribution in [0.2, 0.25) is 0 Å². The molecular weight excluding hydrogens is 324 g/mol. The molecule has 0 amide bonds. The number of aryl methyl sites for hydroxylation is 2. The first-order valence-electron chi connectivity index (χ1n) is 7.91. The molecule has 25 heavy (non-hydrogen) atoms. The van der Waals surface area contributed by atoms with Crippen LogP contribution in [0.4, 0.5) is 0 Å². The minimum atomic E-state index is -0.563. The normalized spacial score (nSPS) is 10.8. The number of benzene rings is 1. The summed E-state index contributed by atoms with van der Waals surface area (Å²) in [4.78, 5) is 24.5. The molecule has 0 spiro atoms. The van der Waals surface area contributed by atoms with Gasteiger partial charge in [-0.25, -0.2) is 4.79 Å². The van der Waals surface area contributed by atoms with Crippen LogP contribution in [0.15, 0.2) is 44.2 Å². The van der Waals surface area contributed by atoms with Crippen molar-refractivity contribution in [2.75, 3.05) is 13.2 Å². The van der Waals surface area contributed by atoms with E-state index in [1.165, 1.54) is 6.26 Å². The lowest BCUT2D eigenvalue weighted by Gasteiger charge is -2.11. The summed E-state index contributed by atoms with van der Waals surface area (Å²) in [7, 11) is 0. The van der Waals surface area contributed by atoms with Crippen LogP contribution in [0.1, 0.15) is 18.1 Å². The summed E-state index contributed by atoms with van der Waals surface area (Å²) in [6, 6.07) is 6.88. The van der Waals surface area contributed by atoms with E-state index in [-0.39, 0.29) is 30.2 Å². The van der Waals surface area contributed by atoms with Crippen molar-refractivity contribution in [2.45, 2.75) is 20.8 Å². The highest BCUT2D eigenvalue weighted by molar-refractivity contribution is 5.83. The van der Waals surface area contributed by atoms with Gasteiger partial charge in [0.15, 0.2) is 12.4 Å². The number of ether oxygens (including phenoxy) is 2. The molecule has 0 atom stereocenters. The molecule has 0 radical (unpaired) electrons. The topological polar surface area (TPSA) is 78.9 Å². The molecule has 6 nitrogen and oxygen atoms in total. The Labute approximate surface area is 144 Å². The largest absolute Gasteiger partial charge is 0.474 e. The van der Waals surface area contributed by atoms with Crippen molar-refractivity contribution in [3.8, 4) is 17.3 Å². The monoisotopic (exact) mass is 342 g/mol. The van der Waals surface area contributed by atoms with Crippen LogP contribution in [-0.4, -0.2) is 19.2 Å². The summed E-state index contributed by atoms with van der Waals surface area (Å²) < 4.78 is 21.5. The van der Waals surface area contributed by atoms with Gasteiger partial charge in [-0.05, 0) is 56.2 Å². The minimum absolute atomic E-state index is 0.0706. The van der Waals surface area contributed by atoms with Crippen molar-refractivity contribution >= 4 is 16.9 Å². The molecule has 0 unspecified atom stereocenters. The summed E-state index contributed by atoms with van der Waals surface area (Å²) >= 11 is 0. The lowest BCUT2D eigenvalue weighted by Crippen LogP contribution is -2.18. The summed E-state index contributed by atoms with van der Waals surface area (Å²) in [5.41, 5.74) is 2.03. The summed E-state index contributed by atoms with van der Waals surface area (Å²) in [5.74, 6) is -0.141. The number of carbonyl (C=O) groups is 1. The maximum absolute atomic E-state index is 12.9. The second-order valence-corrected chi connectivity index (χ2v) is 5.59. The van der Waals surface area contributed by atoms with Gasteiger partial charge < -0.3 is 18.3 Å². The molecule has 130 valence electrons. The predicted molar refractivity (Wildman–Crippen MR) is 91.8 cm³/mol. The van der Waals surface area contributed by atoms with E-state index in [9.17, 15) is 9.59 Å². The van der Waals surface area contributed by atoms with Crippen LogP contribution in [0.5, 0.6) is 5.75 Å². The molecule has 0 aliphatic rings. The average Bonchev–Trinajstić information content (AvgIpc) is 3.10. The Bertz CT molecular complexity index is 966. The summed E-state index contributed by atoms with van der Waals surface area (Å²) in [6.07, 6.45) is 1.47. The van der Waals surface area contributed by atoms with Gasteiger partial charge >= 0.3 is 5.97 Å². The van der Waals surface area contributed by atoms with Crippen molar-refractivity contribution in [1.82, 2.24) is 0 Å². The SMILES string of the molecule is CCOC(=O)COc1c(-c2ccco2)oc2cc(C)c(C)cc2c1=O. The number of carbonyl (C=O) groups excluding carboxylic acids is 1. The predicted octanol–water partition coefficient (Wildman–Crippen LogP) is 3.61. The summed E-state index contributed by atoms with van der Waals surface area (Å²) in [5, 5.41) is 0.386. The van der Waals surface area contributed by atoms with Crippen LogP contribution in [0, 0.1) is 13.8 Å². The van der Waals surface area contributed by atoms with E-state index < -0.39 is 5.97 Å². The third-order valence-electron chi connectivity index (χ3n) is 3.85. The van der Waals surface area contributed by atoms with Gasteiger partial charge in [-0.1, -0.05) is 0 Å². The van der Waals surface area contributed by atoms with E-state index in [4.69, 9.17) is 18.3 Å². The lowest BCUT2D eigenvalue weighted by molar-refractivity contribution is -0.145. The fraction of sp³-hybridized carbons (Fsp3) is 0.263. The van der Waals surface area contributed by atoms with Gasteiger partial charge in [-0.15, -0.1) is 0 Å². The number of rotatable bonds is 5. The number of hydrogen-bond acceptors (Lipinski definition) is 6. The van der Waals surface area contributed by atoms with E-state index in [0.717, 1.165) is 11.1 Å². The fourth-order valence-corrected chi connectivity index (χ4v) is 2.47. The van der Waals surface area contributed by atoms with Gasteiger partial charge in [-0.3, -0.25) is 4.79 Å². The standard InChI is InChI=1S/C19H18O6/c1-4-22-16(20)10-24-19-17(21)13-8-11(2)12(3)9-15(13)25-18(19)14-6-5-7-23-14/h5-9H,4,10H2,1-3H3. The third-order valence-corrected chi connectivity index (χ3v) is 3.85. The molecule has 2 heterocycles. The maximum Gasteiger partial charge on any atom is 0.344 e. The van der Waals surface area contributed by atoms with Crippen molar-refractivity contribution in [3.63, 3.8) is 0 Å². The molecule has 0 saturated heterocycles. The number of furan rings is 1. The van der Waals surface area contributed by atoms with Crippen molar-refractivity contribution in [3.05, 3.63) is 51.9 Å². The van der Waals surface area contributed by atoms with Gasteiger partial charge in [-0.2, -0.15) is 0 Å². The first-order chi connectivity index (χ1) is 12.0. The Balaban J connectivity index is 2.16. The number of hydrogen-bond donors (Lipinski definition) is 0. The maximum atomic E-state index is 12.9. The van der Waals surface area contributed by atoms with Gasteiger partial charge in [0, 0.05) is 0 Å². The molecule has 0 aliphatic carbocycles. The molecule has 6 heteroatoms. The van der Waals surface area contributed by atoms with E-state index in [0.29, 0.717) is 16.7 Å². The second kappa shape index (κ2) is 6.84. The van der Waals surface area contributed by atoms with Crippen molar-refractivity contribution in [1.29, 1.82) is 0 Å². The molecule has 0 saturated carbocycles. The van der Waals surface area contributed by atoms with Crippen molar-refractivity contribution in [2.24, 2.45) is 0 Å². The molecule has 3 aromatic rings. The molecule has 2 aromatic heterocycles. The van der Waals surface area contributed by atoms with Crippen LogP contribution < -0.4 is 10.2 Å². The smallest absolute Gasteiger partial charge is 0.344 e. The van der Waals surface area contributed by atoms with Crippen LogP contribution in [0.25, 0.3) is 22.5 Å². The van der Waals surface area contributed by atoms with Gasteiger partial charge in [0.2, 0.25) is 16.9 Å². The molecule has 1 aromatic carbocycles. The van der Waals surface area contributed by atoms with Crippen LogP contribution >= 0.6 is 0 Å². The Morgan fingerprint density at radius 3 is 2.64 bits per heavy atom. The molecule has 0 N–H and O–H groups in total. The Morgan fingerprint density at radius 2 is 1.96 bits per heavy atom. The van der Waals surface area contributed by atoms with E-state index in [1.807, 2.05) is 13.8 Å². The van der Waals surface area contributed by atoms with Gasteiger partial charge in [0.25, 0.3) is 0 Å². The molecular formula is C19H18O6. The molecule has 0 aliphatic heterocycles. The lowest BCUT2D eigenvalue weighted by atomic mass is 10.1. The Hall–Kier alpha value is -3.02. The highest BCUT2D eigenvalue weighted by Crippen LogP contribution is 2.32. The first-order valence-corrected chi connectivity index (χ1v) is 7.91. The number of fused-ring (bicyclic) bond motifs is 1. The zero-order valence-electron chi connectivity index (χ0n) is 14.3. The Morgan fingerprint density at radius 1 is 1.20 bits per heavy atom. The van der Waals surface area contributed by atoms with Gasteiger partial charge in [0.05, 0.1) is 18.3 Å². The Kier molecular flexibility index (Phi) is 4.61. The molecule has 3 rings (SSSR count). The molecule has 0 bridgehead atoms. The molecule has 0 fully saturated rings. The minimum Gasteiger partial charge on any atom is -0.474 e. The number of esters is 1. The van der Waals surface area contributed by atoms with E-state index in [2.05, 4.69) is 0 Å². The fourth-order valence-electron chi connectivity index (χ4n) is 2.47. The zero-order valence-corrected chi connectivity index (χ0v) is 14.3. The van der Waals surface area contributed by atoms with Gasteiger partial charge in [0.1, 0.15) is 5.58 Å². The average molecular weight is 342 g/mol. The van der Waals surface area contributed by atoms with Crippen LogP contribution in [-0.2, 0) is 9.53 Å². The third kappa shape index (κ3) is 3.28. The highest BCUT2D eigenvalue weighted by atomic mass is 16.6. The van der Waals surface area contributed by atoms with Crippen molar-refractivity contribution < 1.29 is 23.1 Å². The van der Waals surface area contributed by atoms with E-state index in [1.54, 1.807) is 31.2 Å². The zero-order chi connectivity index (χ0) is 18.0. The van der Waals surface area contributed by atoms with E-state index >= 15 is 0 Å². The quantitative estimate of drug-likeness (QED) is 0.659. The second-order valence-electron chi connectivity index (χ2n) is 5.59. The highest BCUT2D eigenvalue weighted by Gasteiger charge is 2.21. The first kappa shape index (κ1) is 16.8. The van der Waals surface area contributed by atoms with Crippen LogP contribution in [0.3, 0.4) is 0 Å².